The Morgan fingerprint density at radius 1 is 1.06 bits per heavy atom. The largest absolute Gasteiger partial charge is 0.416 e. The fourth-order valence-electron chi connectivity index (χ4n) is 5.95. The van der Waals surface area contributed by atoms with Gasteiger partial charge in [0.15, 0.2) is 0 Å². The van der Waals surface area contributed by atoms with Crippen LogP contribution in [-0.2, 0) is 35.5 Å². The molecule has 0 bridgehead atoms. The minimum Gasteiger partial charge on any atom is -0.303 e. The second-order valence-corrected chi connectivity index (χ2v) is 12.4. The summed E-state index contributed by atoms with van der Waals surface area (Å²) in [6, 6.07) is 12.1. The van der Waals surface area contributed by atoms with Crippen LogP contribution in [0.2, 0.25) is 0 Å². The summed E-state index contributed by atoms with van der Waals surface area (Å²) in [6.07, 6.45) is 1.34. The van der Waals surface area contributed by atoms with Crippen molar-refractivity contribution in [1.29, 1.82) is 0 Å². The van der Waals surface area contributed by atoms with E-state index in [0.29, 0.717) is 30.7 Å². The summed E-state index contributed by atoms with van der Waals surface area (Å²) in [5, 5.41) is 5.01. The first-order valence-corrected chi connectivity index (χ1v) is 14.2. The highest BCUT2D eigenvalue weighted by Gasteiger charge is 2.39. The van der Waals surface area contributed by atoms with Crippen LogP contribution >= 0.6 is 0 Å². The van der Waals surface area contributed by atoms with Crippen LogP contribution in [0.15, 0.2) is 42.5 Å². The van der Waals surface area contributed by atoms with Crippen molar-refractivity contribution < 1.29 is 21.6 Å². The summed E-state index contributed by atoms with van der Waals surface area (Å²) in [4.78, 5) is 2.43. The Balaban J connectivity index is 1.38. The van der Waals surface area contributed by atoms with Crippen LogP contribution < -0.4 is 5.14 Å². The van der Waals surface area contributed by atoms with Gasteiger partial charge in [0.05, 0.1) is 10.8 Å². The standard InChI is InChI=1S/C27H33F3N2O2S/c28-27(29,30)23-4-1-3-19(13-23)15-25-22(17-32-11-2-12-32)16-21-7-5-18(14-24(21)25)6-10-26(20-8-9-20)35(31,33)34/h1,3-5,7,13-14,20,22,25-26H,2,6,8-12,15-17H2,(H2,31,33,34). The SMILES string of the molecule is NS(=O)(=O)C(CCc1ccc2c(c1)C(Cc1cccc(C(F)(F)F)c1)C(CN1CCC1)C2)C1CC1. The van der Waals surface area contributed by atoms with Gasteiger partial charge in [0, 0.05) is 6.54 Å². The first-order chi connectivity index (χ1) is 16.6. The van der Waals surface area contributed by atoms with Crippen molar-refractivity contribution in [1.82, 2.24) is 4.90 Å². The smallest absolute Gasteiger partial charge is 0.303 e. The average Bonchev–Trinajstić information content (AvgIpc) is 3.53. The zero-order valence-electron chi connectivity index (χ0n) is 19.8. The number of alkyl halides is 3. The molecule has 8 heteroatoms. The third-order valence-corrected chi connectivity index (χ3v) is 9.56. The van der Waals surface area contributed by atoms with E-state index in [1.165, 1.54) is 29.7 Å². The van der Waals surface area contributed by atoms with Gasteiger partial charge in [-0.2, -0.15) is 13.2 Å². The topological polar surface area (TPSA) is 63.4 Å². The summed E-state index contributed by atoms with van der Waals surface area (Å²) >= 11 is 0. The normalized spacial score (nSPS) is 23.7. The molecular weight excluding hydrogens is 473 g/mol. The second-order valence-electron chi connectivity index (χ2n) is 10.7. The van der Waals surface area contributed by atoms with E-state index < -0.39 is 27.0 Å². The van der Waals surface area contributed by atoms with Gasteiger partial charge in [-0.1, -0.05) is 36.4 Å². The number of benzene rings is 2. The molecule has 1 saturated carbocycles. The zero-order valence-corrected chi connectivity index (χ0v) is 20.6. The molecule has 0 radical (unpaired) electrons. The van der Waals surface area contributed by atoms with Crippen LogP contribution in [0, 0.1) is 11.8 Å². The van der Waals surface area contributed by atoms with E-state index >= 15 is 0 Å². The number of nitrogens with two attached hydrogens (primary N) is 1. The van der Waals surface area contributed by atoms with Gasteiger partial charge >= 0.3 is 6.18 Å². The van der Waals surface area contributed by atoms with Gasteiger partial charge in [0.25, 0.3) is 0 Å². The minimum absolute atomic E-state index is 0.145. The molecule has 2 fully saturated rings. The highest BCUT2D eigenvalue weighted by atomic mass is 32.2. The van der Waals surface area contributed by atoms with E-state index in [4.69, 9.17) is 5.14 Å². The number of hydrogen-bond donors (Lipinski definition) is 1. The monoisotopic (exact) mass is 506 g/mol. The zero-order chi connectivity index (χ0) is 24.8. The predicted octanol–water partition coefficient (Wildman–Crippen LogP) is 4.91. The van der Waals surface area contributed by atoms with Gasteiger partial charge in [-0.05, 0) is 104 Å². The van der Waals surface area contributed by atoms with Crippen molar-refractivity contribution in [2.45, 2.75) is 62.3 Å². The Labute approximate surface area is 205 Å². The quantitative estimate of drug-likeness (QED) is 0.526. The summed E-state index contributed by atoms with van der Waals surface area (Å²) < 4.78 is 64.0. The lowest BCUT2D eigenvalue weighted by Gasteiger charge is -2.35. The molecule has 1 saturated heterocycles. The molecule has 4 nitrogen and oxygen atoms in total. The van der Waals surface area contributed by atoms with Crippen molar-refractivity contribution in [2.75, 3.05) is 19.6 Å². The first-order valence-electron chi connectivity index (χ1n) is 12.6. The molecule has 2 N–H and O–H groups in total. The molecule has 1 aliphatic heterocycles. The van der Waals surface area contributed by atoms with E-state index in [9.17, 15) is 21.6 Å². The number of hydrogen-bond acceptors (Lipinski definition) is 3. The first kappa shape index (κ1) is 24.8. The van der Waals surface area contributed by atoms with Gasteiger partial charge in [0.1, 0.15) is 0 Å². The average molecular weight is 507 g/mol. The fraction of sp³-hybridized carbons (Fsp3) is 0.556. The van der Waals surface area contributed by atoms with Gasteiger partial charge in [-0.3, -0.25) is 0 Å². The third kappa shape index (κ3) is 5.75. The van der Waals surface area contributed by atoms with Crippen LogP contribution in [-0.4, -0.2) is 38.2 Å². The van der Waals surface area contributed by atoms with Gasteiger partial charge < -0.3 is 4.90 Å². The summed E-state index contributed by atoms with van der Waals surface area (Å²) in [7, 11) is -3.57. The van der Waals surface area contributed by atoms with Crippen LogP contribution in [0.4, 0.5) is 13.2 Å². The summed E-state index contributed by atoms with van der Waals surface area (Å²) in [5.41, 5.74) is 3.66. The number of nitrogens with zero attached hydrogens (tertiary/aromatic N) is 1. The van der Waals surface area contributed by atoms with Crippen molar-refractivity contribution in [3.8, 4) is 0 Å². The number of primary sulfonamides is 1. The molecule has 3 atom stereocenters. The van der Waals surface area contributed by atoms with E-state index in [0.717, 1.165) is 50.5 Å². The molecule has 2 aliphatic carbocycles. The lowest BCUT2D eigenvalue weighted by molar-refractivity contribution is -0.137. The highest BCUT2D eigenvalue weighted by Crippen LogP contribution is 2.43. The Kier molecular flexibility index (Phi) is 6.74. The van der Waals surface area contributed by atoms with Crippen molar-refractivity contribution in [2.24, 2.45) is 17.0 Å². The Morgan fingerprint density at radius 2 is 1.83 bits per heavy atom. The van der Waals surface area contributed by atoms with Gasteiger partial charge in [0.2, 0.25) is 10.0 Å². The molecule has 190 valence electrons. The number of aryl methyl sites for hydroxylation is 1. The van der Waals surface area contributed by atoms with Crippen molar-refractivity contribution >= 4 is 10.0 Å². The van der Waals surface area contributed by atoms with Crippen LogP contribution in [0.5, 0.6) is 0 Å². The maximum absolute atomic E-state index is 13.3. The van der Waals surface area contributed by atoms with Crippen LogP contribution in [0.3, 0.4) is 0 Å². The van der Waals surface area contributed by atoms with Crippen molar-refractivity contribution in [3.63, 3.8) is 0 Å². The highest BCUT2D eigenvalue weighted by molar-refractivity contribution is 7.89. The molecule has 2 aromatic carbocycles. The van der Waals surface area contributed by atoms with E-state index in [2.05, 4.69) is 23.1 Å². The molecule has 3 unspecified atom stereocenters. The second kappa shape index (κ2) is 9.52. The maximum atomic E-state index is 13.3. The Morgan fingerprint density at radius 3 is 2.46 bits per heavy atom. The van der Waals surface area contributed by atoms with E-state index in [1.807, 2.05) is 0 Å². The van der Waals surface area contributed by atoms with Crippen molar-refractivity contribution in [3.05, 3.63) is 70.3 Å². The minimum atomic E-state index is -4.35. The number of sulfonamides is 1. The van der Waals surface area contributed by atoms with E-state index in [1.54, 1.807) is 6.07 Å². The fourth-order valence-corrected chi connectivity index (χ4v) is 7.20. The Hall–Kier alpha value is -1.90. The molecule has 0 aromatic heterocycles. The molecule has 5 rings (SSSR count). The molecule has 0 amide bonds. The predicted molar refractivity (Wildman–Crippen MR) is 131 cm³/mol. The summed E-state index contributed by atoms with van der Waals surface area (Å²) in [5.74, 6) is 0.680. The molecular formula is C27H33F3N2O2S. The van der Waals surface area contributed by atoms with E-state index in [-0.39, 0.29) is 11.8 Å². The van der Waals surface area contributed by atoms with Crippen LogP contribution in [0.25, 0.3) is 0 Å². The number of rotatable bonds is 9. The molecule has 2 aromatic rings. The molecule has 1 heterocycles. The number of halogens is 3. The lowest BCUT2D eigenvalue weighted by Crippen LogP contribution is -2.41. The molecule has 0 spiro atoms. The molecule has 35 heavy (non-hydrogen) atoms. The number of likely N-dealkylation sites (tertiary alicyclic amines) is 1. The third-order valence-electron chi connectivity index (χ3n) is 8.10. The maximum Gasteiger partial charge on any atom is 0.416 e. The Bertz CT molecular complexity index is 1170. The van der Waals surface area contributed by atoms with Gasteiger partial charge in [-0.25, -0.2) is 13.6 Å². The van der Waals surface area contributed by atoms with Gasteiger partial charge in [-0.15, -0.1) is 0 Å². The lowest BCUT2D eigenvalue weighted by atomic mass is 9.85. The molecule has 3 aliphatic rings. The number of fused-ring (bicyclic) bond motifs is 1. The summed E-state index contributed by atoms with van der Waals surface area (Å²) in [6.45, 7) is 3.14. The van der Waals surface area contributed by atoms with Crippen LogP contribution in [0.1, 0.15) is 59.4 Å².